The van der Waals surface area contributed by atoms with E-state index in [2.05, 4.69) is 36.0 Å². The number of nitrogens with two attached hydrogens (primary N) is 1. The summed E-state index contributed by atoms with van der Waals surface area (Å²) in [5.74, 6) is 0.121. The molecule has 0 atom stereocenters. The molecule has 3 N–H and O–H groups in total. The van der Waals surface area contributed by atoms with Crippen molar-refractivity contribution < 1.29 is 5.21 Å². The molecule has 0 amide bonds. The maximum Gasteiger partial charge on any atom is 0.170 e. The van der Waals surface area contributed by atoms with Crippen molar-refractivity contribution in [2.45, 2.75) is 13.8 Å². The van der Waals surface area contributed by atoms with Gasteiger partial charge in [0.25, 0.3) is 0 Å². The van der Waals surface area contributed by atoms with Gasteiger partial charge in [0.1, 0.15) is 0 Å². The summed E-state index contributed by atoms with van der Waals surface area (Å²) in [5.41, 5.74) is 9.78. The van der Waals surface area contributed by atoms with Gasteiger partial charge in [0.05, 0.1) is 0 Å². The molecule has 2 rings (SSSR count). The van der Waals surface area contributed by atoms with E-state index < -0.39 is 0 Å². The Labute approximate surface area is 119 Å². The topological polar surface area (TPSA) is 61.8 Å². The molecule has 4 nitrogen and oxygen atoms in total. The molecule has 104 valence electrons. The lowest BCUT2D eigenvalue weighted by atomic mass is 10.1. The fourth-order valence-corrected chi connectivity index (χ4v) is 2.23. The van der Waals surface area contributed by atoms with Gasteiger partial charge in [-0.05, 0) is 49.7 Å². The van der Waals surface area contributed by atoms with Gasteiger partial charge in [0.2, 0.25) is 0 Å². The van der Waals surface area contributed by atoms with Crippen molar-refractivity contribution in [3.8, 4) is 0 Å². The number of aryl methyl sites for hydroxylation is 1. The molecular weight excluding hydrogens is 250 g/mol. The Balaban J connectivity index is 2.36. The average Bonchev–Trinajstić information content (AvgIpc) is 2.50. The van der Waals surface area contributed by atoms with Crippen molar-refractivity contribution in [3.63, 3.8) is 0 Å². The van der Waals surface area contributed by atoms with Crippen LogP contribution in [0.3, 0.4) is 0 Å². The van der Waals surface area contributed by atoms with Crippen molar-refractivity contribution in [1.29, 1.82) is 0 Å². The lowest BCUT2D eigenvalue weighted by molar-refractivity contribution is 0.318. The summed E-state index contributed by atoms with van der Waals surface area (Å²) in [6.45, 7) is 5.08. The van der Waals surface area contributed by atoms with E-state index in [9.17, 15) is 0 Å². The predicted octanol–water partition coefficient (Wildman–Crippen LogP) is 3.25. The Bertz CT molecular complexity index is 605. The molecule has 0 unspecified atom stereocenters. The molecule has 2 aromatic carbocycles. The molecule has 0 aliphatic rings. The normalized spacial score (nSPS) is 11.4. The molecule has 0 heterocycles. The Hall–Kier alpha value is -2.49. The smallest absolute Gasteiger partial charge is 0.170 e. The van der Waals surface area contributed by atoms with Gasteiger partial charge in [-0.15, -0.1) is 0 Å². The molecule has 0 fully saturated rings. The standard InChI is InChI=1S/C16H19N3O/c1-3-19(15-7-5-4-6-12(15)2)14-10-8-13(9-11-14)16(17)18-20/h4-11,20H,3H2,1-2H3,(H2,17,18). The maximum absolute atomic E-state index is 8.68. The van der Waals surface area contributed by atoms with Crippen molar-refractivity contribution in [2.75, 3.05) is 11.4 Å². The van der Waals surface area contributed by atoms with Crippen LogP contribution in [0, 0.1) is 6.92 Å². The Morgan fingerprint density at radius 1 is 1.15 bits per heavy atom. The Morgan fingerprint density at radius 2 is 1.80 bits per heavy atom. The molecule has 0 bridgehead atoms. The monoisotopic (exact) mass is 269 g/mol. The van der Waals surface area contributed by atoms with E-state index in [4.69, 9.17) is 10.9 Å². The number of para-hydroxylation sites is 1. The second-order valence-corrected chi connectivity index (χ2v) is 4.56. The van der Waals surface area contributed by atoms with Crippen molar-refractivity contribution >= 4 is 17.2 Å². The quantitative estimate of drug-likeness (QED) is 0.387. The van der Waals surface area contributed by atoms with Gasteiger partial charge < -0.3 is 15.8 Å². The van der Waals surface area contributed by atoms with Crippen LogP contribution in [0.5, 0.6) is 0 Å². The van der Waals surface area contributed by atoms with Crippen LogP contribution in [-0.4, -0.2) is 17.6 Å². The van der Waals surface area contributed by atoms with Gasteiger partial charge >= 0.3 is 0 Å². The van der Waals surface area contributed by atoms with Crippen molar-refractivity contribution in [2.24, 2.45) is 10.9 Å². The van der Waals surface area contributed by atoms with E-state index in [0.717, 1.165) is 12.2 Å². The Morgan fingerprint density at radius 3 is 2.35 bits per heavy atom. The van der Waals surface area contributed by atoms with E-state index in [1.165, 1.54) is 11.3 Å². The largest absolute Gasteiger partial charge is 0.409 e. The zero-order chi connectivity index (χ0) is 14.5. The van der Waals surface area contributed by atoms with Gasteiger partial charge in [0, 0.05) is 23.5 Å². The van der Waals surface area contributed by atoms with Crippen LogP contribution in [0.1, 0.15) is 18.1 Å². The molecule has 0 radical (unpaired) electrons. The van der Waals surface area contributed by atoms with E-state index in [1.54, 1.807) is 0 Å². The number of benzene rings is 2. The SMILES string of the molecule is CCN(c1ccc(/C(N)=N/O)cc1)c1ccccc1C. The summed E-state index contributed by atoms with van der Waals surface area (Å²) in [6, 6.07) is 15.9. The third-order valence-corrected chi connectivity index (χ3v) is 3.30. The van der Waals surface area contributed by atoms with E-state index >= 15 is 0 Å². The molecule has 0 aliphatic heterocycles. The summed E-state index contributed by atoms with van der Waals surface area (Å²) < 4.78 is 0. The van der Waals surface area contributed by atoms with E-state index in [1.807, 2.05) is 36.4 Å². The summed E-state index contributed by atoms with van der Waals surface area (Å²) >= 11 is 0. The summed E-state index contributed by atoms with van der Waals surface area (Å²) in [6.07, 6.45) is 0. The lowest BCUT2D eigenvalue weighted by Gasteiger charge is -2.25. The first kappa shape index (κ1) is 13.9. The van der Waals surface area contributed by atoms with E-state index in [0.29, 0.717) is 5.56 Å². The zero-order valence-corrected chi connectivity index (χ0v) is 11.7. The highest BCUT2D eigenvalue weighted by Crippen LogP contribution is 2.28. The maximum atomic E-state index is 8.68. The summed E-state index contributed by atoms with van der Waals surface area (Å²) in [4.78, 5) is 2.23. The van der Waals surface area contributed by atoms with Crippen LogP contribution in [0.25, 0.3) is 0 Å². The molecule has 4 heteroatoms. The van der Waals surface area contributed by atoms with Crippen molar-refractivity contribution in [3.05, 3.63) is 59.7 Å². The highest BCUT2D eigenvalue weighted by molar-refractivity contribution is 5.97. The fourth-order valence-electron chi connectivity index (χ4n) is 2.23. The first-order valence-electron chi connectivity index (χ1n) is 6.58. The van der Waals surface area contributed by atoms with Crippen LogP contribution in [-0.2, 0) is 0 Å². The van der Waals surface area contributed by atoms with Crippen LogP contribution < -0.4 is 10.6 Å². The van der Waals surface area contributed by atoms with Gasteiger partial charge in [-0.3, -0.25) is 0 Å². The van der Waals surface area contributed by atoms with Gasteiger partial charge in [-0.2, -0.15) is 0 Å². The number of anilines is 2. The third kappa shape index (κ3) is 2.74. The molecule has 2 aromatic rings. The lowest BCUT2D eigenvalue weighted by Crippen LogP contribution is -2.18. The number of hydrogen-bond acceptors (Lipinski definition) is 3. The third-order valence-electron chi connectivity index (χ3n) is 3.30. The minimum atomic E-state index is 0.121. The first-order valence-corrected chi connectivity index (χ1v) is 6.58. The van der Waals surface area contributed by atoms with Gasteiger partial charge in [0.15, 0.2) is 5.84 Å². The van der Waals surface area contributed by atoms with Crippen LogP contribution in [0.15, 0.2) is 53.7 Å². The van der Waals surface area contributed by atoms with E-state index in [-0.39, 0.29) is 5.84 Å². The van der Waals surface area contributed by atoms with Crippen molar-refractivity contribution in [1.82, 2.24) is 0 Å². The number of rotatable bonds is 4. The van der Waals surface area contributed by atoms with Crippen LogP contribution in [0.4, 0.5) is 11.4 Å². The molecule has 20 heavy (non-hydrogen) atoms. The second-order valence-electron chi connectivity index (χ2n) is 4.56. The highest BCUT2D eigenvalue weighted by atomic mass is 16.4. The number of hydrogen-bond donors (Lipinski definition) is 2. The molecule has 0 saturated heterocycles. The Kier molecular flexibility index (Phi) is 4.25. The fraction of sp³-hybridized carbons (Fsp3) is 0.188. The molecule has 0 aromatic heterocycles. The average molecular weight is 269 g/mol. The second kappa shape index (κ2) is 6.10. The molecule has 0 aliphatic carbocycles. The zero-order valence-electron chi connectivity index (χ0n) is 11.7. The number of nitrogens with zero attached hydrogens (tertiary/aromatic N) is 2. The van der Waals surface area contributed by atoms with Gasteiger partial charge in [-0.1, -0.05) is 23.4 Å². The molecule has 0 spiro atoms. The molecular formula is C16H19N3O. The highest BCUT2D eigenvalue weighted by Gasteiger charge is 2.09. The molecule has 0 saturated carbocycles. The minimum Gasteiger partial charge on any atom is -0.409 e. The van der Waals surface area contributed by atoms with Crippen LogP contribution in [0.2, 0.25) is 0 Å². The number of amidine groups is 1. The number of oxime groups is 1. The van der Waals surface area contributed by atoms with Gasteiger partial charge in [-0.25, -0.2) is 0 Å². The summed E-state index contributed by atoms with van der Waals surface area (Å²) in [7, 11) is 0. The first-order chi connectivity index (χ1) is 9.67. The summed E-state index contributed by atoms with van der Waals surface area (Å²) in [5, 5.41) is 11.7. The van der Waals surface area contributed by atoms with Crippen LogP contribution >= 0.6 is 0 Å². The predicted molar refractivity (Wildman–Crippen MR) is 82.8 cm³/mol. The minimum absolute atomic E-state index is 0.121.